The molecule has 2 heterocycles. The molecule has 6 nitrogen and oxygen atoms in total. The summed E-state index contributed by atoms with van der Waals surface area (Å²) in [5.74, 6) is -0.752. The SMILES string of the molecule is Cn1cc(Br)cc1C(=O)Nc1ccc2oc(=O)[nH]c2c1. The molecule has 0 aliphatic heterocycles. The molecule has 2 N–H and O–H groups in total. The van der Waals surface area contributed by atoms with E-state index >= 15 is 0 Å². The standard InChI is InChI=1S/C13H10BrN3O3/c1-17-6-7(14)4-10(17)12(18)15-8-2-3-11-9(5-8)16-13(19)20-11/h2-6H,1H3,(H,15,18)(H,16,19). The van der Waals surface area contributed by atoms with Gasteiger partial charge in [0.15, 0.2) is 5.58 Å². The maximum Gasteiger partial charge on any atom is 0.417 e. The first kappa shape index (κ1) is 12.7. The van der Waals surface area contributed by atoms with Crippen molar-refractivity contribution in [2.24, 2.45) is 7.05 Å². The second kappa shape index (κ2) is 4.68. The molecule has 0 bridgehead atoms. The number of carbonyl (C=O) groups is 1. The number of aromatic nitrogens is 2. The molecule has 0 saturated carbocycles. The molecule has 1 amide bonds. The predicted octanol–water partition coefficient (Wildman–Crippen LogP) is 2.47. The predicted molar refractivity (Wildman–Crippen MR) is 77.9 cm³/mol. The van der Waals surface area contributed by atoms with Gasteiger partial charge in [0.2, 0.25) is 0 Å². The maximum absolute atomic E-state index is 12.1. The number of fused-ring (bicyclic) bond motifs is 1. The van der Waals surface area contributed by atoms with Gasteiger partial charge in [0.1, 0.15) is 5.69 Å². The monoisotopic (exact) mass is 335 g/mol. The third-order valence-corrected chi connectivity index (χ3v) is 3.31. The minimum Gasteiger partial charge on any atom is -0.408 e. The second-order valence-electron chi connectivity index (χ2n) is 4.33. The largest absolute Gasteiger partial charge is 0.417 e. The summed E-state index contributed by atoms with van der Waals surface area (Å²) in [6, 6.07) is 6.68. The summed E-state index contributed by atoms with van der Waals surface area (Å²) in [5, 5.41) is 2.77. The number of oxazole rings is 1. The number of anilines is 1. The first-order valence-corrected chi connectivity index (χ1v) is 6.58. The molecular weight excluding hydrogens is 326 g/mol. The van der Waals surface area contributed by atoms with Crippen LogP contribution in [0.4, 0.5) is 5.69 Å². The van der Waals surface area contributed by atoms with Crippen molar-refractivity contribution in [1.82, 2.24) is 9.55 Å². The molecule has 3 aromatic rings. The average Bonchev–Trinajstić information content (AvgIpc) is 2.90. The minimum atomic E-state index is -0.519. The maximum atomic E-state index is 12.1. The Hall–Kier alpha value is -2.28. The van der Waals surface area contributed by atoms with Crippen LogP contribution in [-0.2, 0) is 7.05 Å². The lowest BCUT2D eigenvalue weighted by Crippen LogP contribution is -2.15. The zero-order valence-corrected chi connectivity index (χ0v) is 12.0. The number of aryl methyl sites for hydroxylation is 1. The van der Waals surface area contributed by atoms with E-state index in [0.717, 1.165) is 4.47 Å². The smallest absolute Gasteiger partial charge is 0.408 e. The van der Waals surface area contributed by atoms with Crippen LogP contribution < -0.4 is 11.1 Å². The van der Waals surface area contributed by atoms with Crippen molar-refractivity contribution in [1.29, 1.82) is 0 Å². The van der Waals surface area contributed by atoms with Crippen LogP contribution >= 0.6 is 15.9 Å². The van der Waals surface area contributed by atoms with Crippen LogP contribution in [0.1, 0.15) is 10.5 Å². The van der Waals surface area contributed by atoms with Gasteiger partial charge in [0.25, 0.3) is 5.91 Å². The molecular formula is C13H10BrN3O3. The normalized spacial score (nSPS) is 10.9. The second-order valence-corrected chi connectivity index (χ2v) is 5.25. The molecule has 102 valence electrons. The fourth-order valence-electron chi connectivity index (χ4n) is 1.97. The van der Waals surface area contributed by atoms with Crippen LogP contribution in [0.25, 0.3) is 11.1 Å². The average molecular weight is 336 g/mol. The van der Waals surface area contributed by atoms with Crippen molar-refractivity contribution < 1.29 is 9.21 Å². The van der Waals surface area contributed by atoms with Crippen LogP contribution in [0.2, 0.25) is 0 Å². The minimum absolute atomic E-state index is 0.233. The Balaban J connectivity index is 1.90. The van der Waals surface area contributed by atoms with Gasteiger partial charge in [-0.25, -0.2) is 4.79 Å². The van der Waals surface area contributed by atoms with Gasteiger partial charge in [-0.2, -0.15) is 0 Å². The van der Waals surface area contributed by atoms with Gasteiger partial charge in [-0.1, -0.05) is 0 Å². The van der Waals surface area contributed by atoms with Gasteiger partial charge in [-0.15, -0.1) is 0 Å². The molecule has 20 heavy (non-hydrogen) atoms. The molecule has 0 fully saturated rings. The van der Waals surface area contributed by atoms with Crippen LogP contribution in [0.15, 0.2) is 44.1 Å². The third kappa shape index (κ3) is 2.27. The molecule has 2 aromatic heterocycles. The highest BCUT2D eigenvalue weighted by atomic mass is 79.9. The first-order valence-electron chi connectivity index (χ1n) is 5.79. The summed E-state index contributed by atoms with van der Waals surface area (Å²) in [6.07, 6.45) is 1.80. The number of carbonyl (C=O) groups excluding carboxylic acids is 1. The molecule has 0 aliphatic rings. The quantitative estimate of drug-likeness (QED) is 0.754. The Bertz CT molecular complexity index is 859. The number of aromatic amines is 1. The van der Waals surface area contributed by atoms with E-state index < -0.39 is 5.76 Å². The van der Waals surface area contributed by atoms with Crippen LogP contribution in [0.3, 0.4) is 0 Å². The van der Waals surface area contributed by atoms with Gasteiger partial charge in [0.05, 0.1) is 5.52 Å². The Morgan fingerprint density at radius 3 is 2.90 bits per heavy atom. The lowest BCUT2D eigenvalue weighted by atomic mass is 10.2. The highest BCUT2D eigenvalue weighted by Crippen LogP contribution is 2.18. The summed E-state index contributed by atoms with van der Waals surface area (Å²) in [6.45, 7) is 0. The number of hydrogen-bond donors (Lipinski definition) is 2. The number of nitrogens with zero attached hydrogens (tertiary/aromatic N) is 1. The van der Waals surface area contributed by atoms with Crippen molar-refractivity contribution >= 4 is 38.6 Å². The Labute approximate surface area is 121 Å². The van der Waals surface area contributed by atoms with E-state index in [1.807, 2.05) is 0 Å². The zero-order chi connectivity index (χ0) is 14.3. The molecule has 0 saturated heterocycles. The number of amides is 1. The Morgan fingerprint density at radius 1 is 1.40 bits per heavy atom. The summed E-state index contributed by atoms with van der Waals surface area (Å²) in [4.78, 5) is 25.8. The van der Waals surface area contributed by atoms with E-state index in [9.17, 15) is 9.59 Å². The molecule has 0 radical (unpaired) electrons. The van der Waals surface area contributed by atoms with Crippen molar-refractivity contribution in [3.05, 3.63) is 51.2 Å². The lowest BCUT2D eigenvalue weighted by Gasteiger charge is -2.05. The number of benzene rings is 1. The van der Waals surface area contributed by atoms with Crippen molar-refractivity contribution in [3.63, 3.8) is 0 Å². The molecule has 0 spiro atoms. The van der Waals surface area contributed by atoms with E-state index in [1.165, 1.54) is 0 Å². The van der Waals surface area contributed by atoms with Gasteiger partial charge in [0, 0.05) is 23.4 Å². The lowest BCUT2D eigenvalue weighted by molar-refractivity contribution is 0.101. The van der Waals surface area contributed by atoms with Gasteiger partial charge < -0.3 is 14.3 Å². The number of hydrogen-bond acceptors (Lipinski definition) is 3. The summed E-state index contributed by atoms with van der Waals surface area (Å²) < 4.78 is 7.45. The highest BCUT2D eigenvalue weighted by Gasteiger charge is 2.12. The summed E-state index contributed by atoms with van der Waals surface area (Å²) >= 11 is 3.32. The van der Waals surface area contributed by atoms with Gasteiger partial charge in [-0.05, 0) is 40.2 Å². The first-order chi connectivity index (χ1) is 9.52. The van der Waals surface area contributed by atoms with E-state index in [1.54, 1.807) is 42.1 Å². The highest BCUT2D eigenvalue weighted by molar-refractivity contribution is 9.10. The fourth-order valence-corrected chi connectivity index (χ4v) is 2.50. The van der Waals surface area contributed by atoms with Gasteiger partial charge in [-0.3, -0.25) is 9.78 Å². The molecule has 1 aromatic carbocycles. The number of halogens is 1. The van der Waals surface area contributed by atoms with E-state index in [0.29, 0.717) is 22.5 Å². The van der Waals surface area contributed by atoms with Gasteiger partial charge >= 0.3 is 5.76 Å². The number of nitrogens with one attached hydrogen (secondary N) is 2. The van der Waals surface area contributed by atoms with Crippen LogP contribution in [-0.4, -0.2) is 15.5 Å². The molecule has 0 unspecified atom stereocenters. The molecule has 0 atom stereocenters. The Kier molecular flexibility index (Phi) is 2.98. The molecule has 7 heteroatoms. The van der Waals surface area contributed by atoms with Crippen molar-refractivity contribution in [2.75, 3.05) is 5.32 Å². The van der Waals surface area contributed by atoms with Crippen molar-refractivity contribution in [2.45, 2.75) is 0 Å². The number of H-pyrrole nitrogens is 1. The van der Waals surface area contributed by atoms with Crippen molar-refractivity contribution in [3.8, 4) is 0 Å². The third-order valence-electron chi connectivity index (χ3n) is 2.88. The number of rotatable bonds is 2. The van der Waals surface area contributed by atoms with E-state index in [2.05, 4.69) is 26.2 Å². The van der Waals surface area contributed by atoms with E-state index in [-0.39, 0.29) is 5.91 Å². The fraction of sp³-hybridized carbons (Fsp3) is 0.0769. The summed E-state index contributed by atoms with van der Waals surface area (Å²) in [5.41, 5.74) is 2.10. The summed E-state index contributed by atoms with van der Waals surface area (Å²) in [7, 11) is 1.79. The molecule has 0 aliphatic carbocycles. The van der Waals surface area contributed by atoms with E-state index in [4.69, 9.17) is 4.42 Å². The Morgan fingerprint density at radius 2 is 2.20 bits per heavy atom. The molecule has 3 rings (SSSR count). The van der Waals surface area contributed by atoms with Crippen LogP contribution in [0, 0.1) is 0 Å². The van der Waals surface area contributed by atoms with Crippen LogP contribution in [0.5, 0.6) is 0 Å². The topological polar surface area (TPSA) is 80.0 Å². The zero-order valence-electron chi connectivity index (χ0n) is 10.4.